The Morgan fingerprint density at radius 1 is 1.21 bits per heavy atom. The number of rotatable bonds is 5. The maximum Gasteiger partial charge on any atom is 0.410 e. The Kier molecular flexibility index (Phi) is 4.74. The number of ether oxygens (including phenoxy) is 1. The summed E-state index contributed by atoms with van der Waals surface area (Å²) in [6.07, 6.45) is 2.95. The Morgan fingerprint density at radius 3 is 2.50 bits per heavy atom. The van der Waals surface area contributed by atoms with Gasteiger partial charge in [-0.05, 0) is 30.2 Å². The summed E-state index contributed by atoms with van der Waals surface area (Å²) >= 11 is 0. The summed E-state index contributed by atoms with van der Waals surface area (Å²) in [7, 11) is 0. The highest BCUT2D eigenvalue weighted by Gasteiger charge is 2.25. The summed E-state index contributed by atoms with van der Waals surface area (Å²) in [6, 6.07) is 11.4. The van der Waals surface area contributed by atoms with Crippen molar-refractivity contribution in [3.63, 3.8) is 0 Å². The Labute approximate surface area is 140 Å². The van der Waals surface area contributed by atoms with Crippen LogP contribution in [-0.4, -0.2) is 41.6 Å². The Bertz CT molecular complexity index is 716. The molecule has 1 fully saturated rings. The Balaban J connectivity index is 1.78. The second-order valence-electron chi connectivity index (χ2n) is 5.73. The van der Waals surface area contributed by atoms with E-state index >= 15 is 0 Å². The van der Waals surface area contributed by atoms with Gasteiger partial charge in [0.2, 0.25) is 5.91 Å². The smallest absolute Gasteiger partial charge is 0.410 e. The molecular weight excluding hydrogens is 306 g/mol. The SMILES string of the molecule is Cc1ccc([C@H](NC(=O)CN2CCOC2=O)c2ccncc2)cc1. The molecule has 1 aliphatic rings. The second-order valence-corrected chi connectivity index (χ2v) is 5.73. The minimum Gasteiger partial charge on any atom is -0.448 e. The molecule has 0 spiro atoms. The normalized spacial score (nSPS) is 15.0. The zero-order chi connectivity index (χ0) is 16.9. The largest absolute Gasteiger partial charge is 0.448 e. The van der Waals surface area contributed by atoms with Gasteiger partial charge in [-0.25, -0.2) is 4.79 Å². The first kappa shape index (κ1) is 16.0. The molecule has 1 atom stereocenters. The molecule has 3 rings (SSSR count). The molecule has 6 heteroatoms. The molecular formula is C18H19N3O3. The van der Waals surface area contributed by atoms with E-state index < -0.39 is 6.09 Å². The number of carbonyl (C=O) groups excluding carboxylic acids is 2. The van der Waals surface area contributed by atoms with Gasteiger partial charge in [-0.15, -0.1) is 0 Å². The van der Waals surface area contributed by atoms with Crippen molar-refractivity contribution in [3.8, 4) is 0 Å². The van der Waals surface area contributed by atoms with Crippen molar-refractivity contribution >= 4 is 12.0 Å². The van der Waals surface area contributed by atoms with Gasteiger partial charge in [-0.2, -0.15) is 0 Å². The van der Waals surface area contributed by atoms with Gasteiger partial charge in [0.1, 0.15) is 13.2 Å². The van der Waals surface area contributed by atoms with Gasteiger partial charge in [0.15, 0.2) is 0 Å². The number of aromatic nitrogens is 1. The summed E-state index contributed by atoms with van der Waals surface area (Å²) in [6.45, 7) is 2.78. The van der Waals surface area contributed by atoms with Crippen molar-refractivity contribution in [3.05, 3.63) is 65.5 Å². The van der Waals surface area contributed by atoms with E-state index in [-0.39, 0.29) is 18.5 Å². The van der Waals surface area contributed by atoms with Gasteiger partial charge in [0, 0.05) is 12.4 Å². The van der Waals surface area contributed by atoms with E-state index in [0.717, 1.165) is 16.7 Å². The number of nitrogens with zero attached hydrogens (tertiary/aromatic N) is 2. The average molecular weight is 325 g/mol. The fourth-order valence-corrected chi connectivity index (χ4v) is 2.62. The quantitative estimate of drug-likeness (QED) is 0.913. The third-order valence-corrected chi connectivity index (χ3v) is 3.93. The number of hydrogen-bond acceptors (Lipinski definition) is 4. The number of hydrogen-bond donors (Lipinski definition) is 1. The molecule has 1 N–H and O–H groups in total. The first-order valence-corrected chi connectivity index (χ1v) is 7.81. The molecule has 1 aliphatic heterocycles. The van der Waals surface area contributed by atoms with E-state index in [2.05, 4.69) is 10.3 Å². The lowest BCUT2D eigenvalue weighted by Gasteiger charge is -2.21. The number of benzene rings is 1. The molecule has 2 aromatic rings. The van der Waals surface area contributed by atoms with Crippen molar-refractivity contribution in [2.75, 3.05) is 19.7 Å². The summed E-state index contributed by atoms with van der Waals surface area (Å²) in [5.74, 6) is -0.226. The predicted octanol–water partition coefficient (Wildman–Crippen LogP) is 2.05. The maximum absolute atomic E-state index is 12.4. The number of amides is 2. The highest BCUT2D eigenvalue weighted by atomic mass is 16.6. The summed E-state index contributed by atoms with van der Waals surface area (Å²) in [5, 5.41) is 3.00. The van der Waals surface area contributed by atoms with Crippen molar-refractivity contribution < 1.29 is 14.3 Å². The topological polar surface area (TPSA) is 71.5 Å². The van der Waals surface area contributed by atoms with Crippen LogP contribution in [0.2, 0.25) is 0 Å². The van der Waals surface area contributed by atoms with E-state index in [4.69, 9.17) is 4.74 Å². The minimum atomic E-state index is -0.444. The molecule has 1 saturated heterocycles. The molecule has 0 aliphatic carbocycles. The summed E-state index contributed by atoms with van der Waals surface area (Å²) in [4.78, 5) is 29.3. The van der Waals surface area contributed by atoms with Crippen LogP contribution in [0.3, 0.4) is 0 Å². The second kappa shape index (κ2) is 7.12. The average Bonchev–Trinajstić information content (AvgIpc) is 2.99. The molecule has 24 heavy (non-hydrogen) atoms. The van der Waals surface area contributed by atoms with Gasteiger partial charge in [0.05, 0.1) is 12.6 Å². The first-order valence-electron chi connectivity index (χ1n) is 7.81. The first-order chi connectivity index (χ1) is 11.6. The van der Waals surface area contributed by atoms with E-state index in [1.165, 1.54) is 4.90 Å². The molecule has 1 aromatic carbocycles. The predicted molar refractivity (Wildman–Crippen MR) is 88.3 cm³/mol. The lowest BCUT2D eigenvalue weighted by Crippen LogP contribution is -2.39. The fourth-order valence-electron chi connectivity index (χ4n) is 2.62. The zero-order valence-electron chi connectivity index (χ0n) is 13.4. The van der Waals surface area contributed by atoms with Gasteiger partial charge in [-0.1, -0.05) is 29.8 Å². The van der Waals surface area contributed by atoms with Crippen molar-refractivity contribution in [1.82, 2.24) is 15.2 Å². The van der Waals surface area contributed by atoms with Crippen LogP contribution in [0.1, 0.15) is 22.7 Å². The van der Waals surface area contributed by atoms with Gasteiger partial charge >= 0.3 is 6.09 Å². The van der Waals surface area contributed by atoms with Gasteiger partial charge in [-0.3, -0.25) is 14.7 Å². The molecule has 0 unspecified atom stereocenters. The Hall–Kier alpha value is -2.89. The third-order valence-electron chi connectivity index (χ3n) is 3.93. The highest BCUT2D eigenvalue weighted by Crippen LogP contribution is 2.22. The van der Waals surface area contributed by atoms with Gasteiger partial charge < -0.3 is 10.1 Å². The van der Waals surface area contributed by atoms with Crippen molar-refractivity contribution in [2.45, 2.75) is 13.0 Å². The molecule has 0 bridgehead atoms. The molecule has 1 aromatic heterocycles. The van der Waals surface area contributed by atoms with Crippen LogP contribution >= 0.6 is 0 Å². The standard InChI is InChI=1S/C18H19N3O3/c1-13-2-4-14(5-3-13)17(15-6-8-19-9-7-15)20-16(22)12-21-10-11-24-18(21)23/h2-9,17H,10-12H2,1H3,(H,20,22)/t17-/m0/s1. The highest BCUT2D eigenvalue weighted by molar-refractivity contribution is 5.83. The summed E-state index contributed by atoms with van der Waals surface area (Å²) in [5.41, 5.74) is 3.06. The van der Waals surface area contributed by atoms with Crippen LogP contribution in [0, 0.1) is 6.92 Å². The third kappa shape index (κ3) is 3.71. The zero-order valence-corrected chi connectivity index (χ0v) is 13.4. The van der Waals surface area contributed by atoms with Crippen LogP contribution < -0.4 is 5.32 Å². The molecule has 6 nitrogen and oxygen atoms in total. The van der Waals surface area contributed by atoms with E-state index in [1.807, 2.05) is 43.3 Å². The van der Waals surface area contributed by atoms with E-state index in [0.29, 0.717) is 13.2 Å². The van der Waals surface area contributed by atoms with Crippen LogP contribution in [0.5, 0.6) is 0 Å². The van der Waals surface area contributed by atoms with E-state index in [9.17, 15) is 9.59 Å². The van der Waals surface area contributed by atoms with Crippen LogP contribution in [-0.2, 0) is 9.53 Å². The van der Waals surface area contributed by atoms with Gasteiger partial charge in [0.25, 0.3) is 0 Å². The lowest BCUT2D eigenvalue weighted by molar-refractivity contribution is -0.122. The van der Waals surface area contributed by atoms with E-state index in [1.54, 1.807) is 12.4 Å². The van der Waals surface area contributed by atoms with Crippen LogP contribution in [0.15, 0.2) is 48.8 Å². The lowest BCUT2D eigenvalue weighted by atomic mass is 9.98. The number of aryl methyl sites for hydroxylation is 1. The number of carbonyl (C=O) groups is 2. The number of nitrogens with one attached hydrogen (secondary N) is 1. The number of cyclic esters (lactones) is 1. The number of pyridine rings is 1. The molecule has 0 radical (unpaired) electrons. The molecule has 124 valence electrons. The maximum atomic E-state index is 12.4. The van der Waals surface area contributed by atoms with Crippen molar-refractivity contribution in [1.29, 1.82) is 0 Å². The Morgan fingerprint density at radius 2 is 1.88 bits per heavy atom. The van der Waals surface area contributed by atoms with Crippen LogP contribution in [0.4, 0.5) is 4.79 Å². The monoisotopic (exact) mass is 325 g/mol. The van der Waals surface area contributed by atoms with Crippen molar-refractivity contribution in [2.24, 2.45) is 0 Å². The molecule has 0 saturated carbocycles. The van der Waals surface area contributed by atoms with Crippen LogP contribution in [0.25, 0.3) is 0 Å². The fraction of sp³-hybridized carbons (Fsp3) is 0.278. The summed E-state index contributed by atoms with van der Waals surface area (Å²) < 4.78 is 4.85. The molecule has 2 amide bonds. The minimum absolute atomic E-state index is 0.00766. The molecule has 2 heterocycles.